The molecule has 0 atom stereocenters. The molecule has 3 heteroatoms. The average Bonchev–Trinajstić information content (AvgIpc) is 2.55. The van der Waals surface area contributed by atoms with Crippen LogP contribution in [0.5, 0.6) is 17.2 Å². The molecule has 3 nitrogen and oxygen atoms in total. The monoisotopic (exact) mass is 310 g/mol. The average molecular weight is 310 g/mol. The number of rotatable bonds is 0. The van der Waals surface area contributed by atoms with Crippen molar-refractivity contribution in [1.29, 1.82) is 0 Å². The fourth-order valence-corrected chi connectivity index (χ4v) is 1.59. The third kappa shape index (κ3) is 7.58. The first-order valence-corrected chi connectivity index (χ1v) is 7.24. The molecule has 3 aromatic rings. The summed E-state index contributed by atoms with van der Waals surface area (Å²) in [5.41, 5.74) is 2.10. The van der Waals surface area contributed by atoms with E-state index in [-0.39, 0.29) is 0 Å². The third-order valence-corrected chi connectivity index (χ3v) is 3.09. The predicted molar refractivity (Wildman–Crippen MR) is 93.8 cm³/mol. The first-order chi connectivity index (χ1) is 11.0. The number of hydrogen-bond acceptors (Lipinski definition) is 3. The third-order valence-electron chi connectivity index (χ3n) is 3.09. The van der Waals surface area contributed by atoms with Gasteiger partial charge in [-0.15, -0.1) is 0 Å². The molecular weight excluding hydrogens is 288 g/mol. The van der Waals surface area contributed by atoms with Gasteiger partial charge >= 0.3 is 0 Å². The normalized spacial score (nSPS) is 8.96. The van der Waals surface area contributed by atoms with Crippen molar-refractivity contribution in [1.82, 2.24) is 0 Å². The van der Waals surface area contributed by atoms with Crippen LogP contribution in [0.25, 0.3) is 0 Å². The first-order valence-electron chi connectivity index (χ1n) is 7.24. The van der Waals surface area contributed by atoms with Crippen LogP contribution in [0.1, 0.15) is 11.1 Å². The van der Waals surface area contributed by atoms with E-state index in [0.29, 0.717) is 17.2 Å². The van der Waals surface area contributed by atoms with Crippen LogP contribution in [0.2, 0.25) is 0 Å². The van der Waals surface area contributed by atoms with E-state index < -0.39 is 0 Å². The smallest absolute Gasteiger partial charge is 0.118 e. The summed E-state index contributed by atoms with van der Waals surface area (Å²) in [5.74, 6) is 1.03. The lowest BCUT2D eigenvalue weighted by molar-refractivity contribution is 0.470. The maximum absolute atomic E-state index is 9.10. The van der Waals surface area contributed by atoms with Crippen molar-refractivity contribution in [2.75, 3.05) is 0 Å². The van der Waals surface area contributed by atoms with E-state index >= 15 is 0 Å². The van der Waals surface area contributed by atoms with Crippen LogP contribution in [0.15, 0.2) is 78.9 Å². The molecule has 0 aliphatic carbocycles. The number of aromatic hydroxyl groups is 3. The molecule has 0 fully saturated rings. The molecular formula is C20H22O3. The Morgan fingerprint density at radius 2 is 0.957 bits per heavy atom. The molecule has 3 N–H and O–H groups in total. The Morgan fingerprint density at radius 3 is 1.22 bits per heavy atom. The van der Waals surface area contributed by atoms with Gasteiger partial charge in [0.05, 0.1) is 0 Å². The van der Waals surface area contributed by atoms with Crippen LogP contribution < -0.4 is 0 Å². The topological polar surface area (TPSA) is 60.7 Å². The molecule has 0 aliphatic rings. The molecule has 23 heavy (non-hydrogen) atoms. The van der Waals surface area contributed by atoms with Gasteiger partial charge in [-0.25, -0.2) is 0 Å². The molecule has 0 amide bonds. The molecule has 3 aromatic carbocycles. The molecule has 0 aromatic heterocycles. The highest BCUT2D eigenvalue weighted by molar-refractivity contribution is 5.36. The molecule has 0 spiro atoms. The fraction of sp³-hybridized carbons (Fsp3) is 0.100. The summed E-state index contributed by atoms with van der Waals surface area (Å²) >= 11 is 0. The minimum Gasteiger partial charge on any atom is -0.508 e. The van der Waals surface area contributed by atoms with Crippen LogP contribution in [0.4, 0.5) is 0 Å². The van der Waals surface area contributed by atoms with Gasteiger partial charge in [0.1, 0.15) is 17.2 Å². The second kappa shape index (κ2) is 9.90. The number of benzene rings is 3. The van der Waals surface area contributed by atoms with E-state index in [9.17, 15) is 0 Å². The second-order valence-corrected chi connectivity index (χ2v) is 4.89. The van der Waals surface area contributed by atoms with Crippen molar-refractivity contribution in [2.24, 2.45) is 0 Å². The van der Waals surface area contributed by atoms with E-state index in [2.05, 4.69) is 0 Å². The van der Waals surface area contributed by atoms with Crippen molar-refractivity contribution in [2.45, 2.75) is 13.8 Å². The molecule has 0 bridgehead atoms. The SMILES string of the molecule is Cc1cccc(O)c1C.Oc1ccccc1.Oc1ccccc1. The van der Waals surface area contributed by atoms with Gasteiger partial charge in [0.25, 0.3) is 0 Å². The summed E-state index contributed by atoms with van der Waals surface area (Å²) in [4.78, 5) is 0. The van der Waals surface area contributed by atoms with Crippen molar-refractivity contribution in [3.05, 3.63) is 90.0 Å². The Balaban J connectivity index is 0.000000175. The van der Waals surface area contributed by atoms with Gasteiger partial charge in [-0.2, -0.15) is 0 Å². The van der Waals surface area contributed by atoms with E-state index in [1.165, 1.54) is 0 Å². The standard InChI is InChI=1S/C8H10O.2C6H6O/c1-6-4-3-5-8(9)7(6)2;2*7-6-4-2-1-3-5-6/h3-5,9H,1-2H3;2*1-5,7H. The van der Waals surface area contributed by atoms with E-state index in [1.54, 1.807) is 54.6 Å². The molecule has 0 heterocycles. The second-order valence-electron chi connectivity index (χ2n) is 4.89. The molecule has 0 saturated carbocycles. The minimum absolute atomic E-state index is 0.322. The van der Waals surface area contributed by atoms with Gasteiger partial charge in [0.2, 0.25) is 0 Å². The summed E-state index contributed by atoms with van der Waals surface area (Å²) < 4.78 is 0. The molecule has 120 valence electrons. The largest absolute Gasteiger partial charge is 0.508 e. The van der Waals surface area contributed by atoms with Crippen molar-refractivity contribution in [3.63, 3.8) is 0 Å². The Labute approximate surface area is 137 Å². The van der Waals surface area contributed by atoms with Crippen molar-refractivity contribution in [3.8, 4) is 17.2 Å². The van der Waals surface area contributed by atoms with Crippen LogP contribution in [-0.2, 0) is 0 Å². The zero-order chi connectivity index (χ0) is 17.1. The number of aryl methyl sites for hydroxylation is 1. The summed E-state index contributed by atoms with van der Waals surface area (Å²) in [6, 6.07) is 22.9. The van der Waals surface area contributed by atoms with E-state index in [0.717, 1.165) is 11.1 Å². The van der Waals surface area contributed by atoms with Crippen molar-refractivity contribution >= 4 is 0 Å². The molecule has 0 saturated heterocycles. The van der Waals surface area contributed by atoms with Crippen molar-refractivity contribution < 1.29 is 15.3 Å². The quantitative estimate of drug-likeness (QED) is 0.559. The lowest BCUT2D eigenvalue weighted by atomic mass is 10.1. The summed E-state index contributed by atoms with van der Waals surface area (Å²) in [5, 5.41) is 26.4. The van der Waals surface area contributed by atoms with Gasteiger partial charge in [-0.1, -0.05) is 48.5 Å². The highest BCUT2D eigenvalue weighted by Gasteiger charge is 1.94. The summed E-state index contributed by atoms with van der Waals surface area (Å²) in [6.45, 7) is 3.89. The first kappa shape index (κ1) is 18.1. The lowest BCUT2D eigenvalue weighted by Crippen LogP contribution is -1.78. The fourth-order valence-electron chi connectivity index (χ4n) is 1.59. The lowest BCUT2D eigenvalue weighted by Gasteiger charge is -1.99. The van der Waals surface area contributed by atoms with E-state index in [4.69, 9.17) is 15.3 Å². The Hall–Kier alpha value is -2.94. The Kier molecular flexibility index (Phi) is 7.79. The highest BCUT2D eigenvalue weighted by atomic mass is 16.3. The molecule has 0 unspecified atom stereocenters. The van der Waals surface area contributed by atoms with Gasteiger partial charge in [0.15, 0.2) is 0 Å². The maximum Gasteiger partial charge on any atom is 0.118 e. The zero-order valence-electron chi connectivity index (χ0n) is 13.3. The highest BCUT2D eigenvalue weighted by Crippen LogP contribution is 2.17. The zero-order valence-corrected chi connectivity index (χ0v) is 13.3. The number of hydrogen-bond donors (Lipinski definition) is 3. The Bertz CT molecular complexity index is 622. The molecule has 0 radical (unpaired) electrons. The van der Waals surface area contributed by atoms with Crippen LogP contribution in [0, 0.1) is 13.8 Å². The van der Waals surface area contributed by atoms with Gasteiger partial charge in [0, 0.05) is 0 Å². The predicted octanol–water partition coefficient (Wildman–Crippen LogP) is 4.79. The molecule has 3 rings (SSSR count). The van der Waals surface area contributed by atoms with Crippen LogP contribution in [0.3, 0.4) is 0 Å². The molecule has 0 aliphatic heterocycles. The van der Waals surface area contributed by atoms with Gasteiger partial charge < -0.3 is 15.3 Å². The van der Waals surface area contributed by atoms with Gasteiger partial charge in [-0.05, 0) is 55.3 Å². The number of phenols is 3. The summed E-state index contributed by atoms with van der Waals surface area (Å²) in [6.07, 6.45) is 0. The Morgan fingerprint density at radius 1 is 0.522 bits per heavy atom. The van der Waals surface area contributed by atoms with Gasteiger partial charge in [-0.3, -0.25) is 0 Å². The minimum atomic E-state index is 0.322. The van der Waals surface area contributed by atoms with Crippen LogP contribution >= 0.6 is 0 Å². The van der Waals surface area contributed by atoms with E-state index in [1.807, 2.05) is 38.1 Å². The maximum atomic E-state index is 9.10. The summed E-state index contributed by atoms with van der Waals surface area (Å²) in [7, 11) is 0. The number of phenolic OH excluding ortho intramolecular Hbond substituents is 3. The van der Waals surface area contributed by atoms with Crippen LogP contribution in [-0.4, -0.2) is 15.3 Å². The number of para-hydroxylation sites is 2.